The van der Waals surface area contributed by atoms with Gasteiger partial charge in [-0.1, -0.05) is 70.9 Å². The van der Waals surface area contributed by atoms with Crippen LogP contribution in [0.25, 0.3) is 11.3 Å². The second kappa shape index (κ2) is 10.8. The molecule has 0 amide bonds. The van der Waals surface area contributed by atoms with Crippen molar-refractivity contribution in [2.24, 2.45) is 4.99 Å². The summed E-state index contributed by atoms with van der Waals surface area (Å²) in [6.45, 7) is 0.929. The van der Waals surface area contributed by atoms with Crippen LogP contribution in [0, 0.1) is 0 Å². The van der Waals surface area contributed by atoms with E-state index in [1.807, 2.05) is 11.0 Å². The summed E-state index contributed by atoms with van der Waals surface area (Å²) in [4.78, 5) is 6.51. The van der Waals surface area contributed by atoms with Gasteiger partial charge in [0.2, 0.25) is 0 Å². The van der Waals surface area contributed by atoms with Crippen LogP contribution in [0.3, 0.4) is 0 Å². The first-order valence-electron chi connectivity index (χ1n) is 11.9. The van der Waals surface area contributed by atoms with Crippen molar-refractivity contribution >= 4 is 29.0 Å². The molecule has 0 N–H and O–H groups in total. The van der Waals surface area contributed by atoms with Gasteiger partial charge in [-0.2, -0.15) is 26.3 Å². The first-order valence-corrected chi connectivity index (χ1v) is 12.7. The predicted molar refractivity (Wildman–Crippen MR) is 139 cm³/mol. The number of benzene rings is 3. The average Bonchev–Trinajstić information content (AvgIpc) is 3.52. The second-order valence-corrected chi connectivity index (χ2v) is 9.85. The zero-order valence-corrected chi connectivity index (χ0v) is 22.0. The summed E-state index contributed by atoms with van der Waals surface area (Å²) in [6.07, 6.45) is -9.93. The molecule has 208 valence electrons. The number of nitrogens with zero attached hydrogens (tertiary/aromatic N) is 5. The van der Waals surface area contributed by atoms with E-state index in [0.29, 0.717) is 64.6 Å². The maximum absolute atomic E-state index is 13.5. The number of rotatable bonds is 6. The molecule has 3 aromatic carbocycles. The molecule has 5 nitrogen and oxygen atoms in total. The first kappa shape index (κ1) is 28.0. The molecule has 4 aromatic rings. The molecule has 1 aromatic heterocycles. The fourth-order valence-corrected chi connectivity index (χ4v) is 4.86. The fourth-order valence-electron chi connectivity index (χ4n) is 4.48. The van der Waals surface area contributed by atoms with Gasteiger partial charge in [-0.25, -0.2) is 4.68 Å². The fraction of sp³-hybridized carbons (Fsp3) is 0.222. The lowest BCUT2D eigenvalue weighted by atomic mass is 10.0. The molecule has 0 saturated carbocycles. The van der Waals surface area contributed by atoms with Gasteiger partial charge in [0.25, 0.3) is 0 Å². The van der Waals surface area contributed by atoms with Gasteiger partial charge in [-0.3, -0.25) is 4.99 Å². The molecule has 0 bridgehead atoms. The minimum atomic E-state index is -4.97. The van der Waals surface area contributed by atoms with Crippen LogP contribution in [0.2, 0.25) is 10.0 Å². The quantitative estimate of drug-likeness (QED) is 0.215. The zero-order valence-electron chi connectivity index (χ0n) is 20.4. The lowest BCUT2D eigenvalue weighted by Gasteiger charge is -2.21. The summed E-state index contributed by atoms with van der Waals surface area (Å²) in [5, 5.41) is 9.21. The predicted octanol–water partition coefficient (Wildman–Crippen LogP) is 7.60. The Labute approximate surface area is 234 Å². The van der Waals surface area contributed by atoms with Crippen LogP contribution >= 0.6 is 23.2 Å². The molecule has 0 spiro atoms. The summed E-state index contributed by atoms with van der Waals surface area (Å²) in [5.74, 6) is 0.473. The van der Waals surface area contributed by atoms with E-state index in [9.17, 15) is 26.3 Å². The van der Waals surface area contributed by atoms with Gasteiger partial charge < -0.3 is 4.90 Å². The molecule has 2 heterocycles. The SMILES string of the molecule is FC(F)(F)c1cc(Cn2nnc(C3=NCCN3Cc3cccc(Cl)c3Cl)c2-c2ccccc2)cc(C(F)(F)F)c1. The van der Waals surface area contributed by atoms with Gasteiger partial charge in [-0.05, 0) is 35.4 Å². The third kappa shape index (κ3) is 5.80. The van der Waals surface area contributed by atoms with Crippen molar-refractivity contribution in [1.29, 1.82) is 0 Å². The molecular formula is C27H19Cl2F6N5. The largest absolute Gasteiger partial charge is 0.416 e. The maximum atomic E-state index is 13.5. The van der Waals surface area contributed by atoms with Crippen molar-refractivity contribution in [1.82, 2.24) is 19.9 Å². The highest BCUT2D eigenvalue weighted by Crippen LogP contribution is 2.37. The molecule has 13 heteroatoms. The van der Waals surface area contributed by atoms with Crippen LogP contribution in [0.15, 0.2) is 71.7 Å². The Morgan fingerprint density at radius 1 is 0.800 bits per heavy atom. The number of hydrogen-bond donors (Lipinski definition) is 0. The minimum Gasteiger partial charge on any atom is -0.349 e. The lowest BCUT2D eigenvalue weighted by molar-refractivity contribution is -0.143. The van der Waals surface area contributed by atoms with Gasteiger partial charge in [0, 0.05) is 18.7 Å². The Hall–Kier alpha value is -3.57. The highest BCUT2D eigenvalue weighted by atomic mass is 35.5. The van der Waals surface area contributed by atoms with Gasteiger partial charge >= 0.3 is 12.4 Å². The van der Waals surface area contributed by atoms with Crippen molar-refractivity contribution in [2.75, 3.05) is 13.1 Å². The molecular weight excluding hydrogens is 579 g/mol. The summed E-state index contributed by atoms with van der Waals surface area (Å²) < 4.78 is 82.1. The molecule has 1 aliphatic rings. The molecule has 40 heavy (non-hydrogen) atoms. The Balaban J connectivity index is 1.57. The summed E-state index contributed by atoms with van der Waals surface area (Å²) in [6, 6.07) is 15.5. The Kier molecular flexibility index (Phi) is 7.54. The number of alkyl halides is 6. The maximum Gasteiger partial charge on any atom is 0.416 e. The highest BCUT2D eigenvalue weighted by molar-refractivity contribution is 6.42. The van der Waals surface area contributed by atoms with E-state index >= 15 is 0 Å². The van der Waals surface area contributed by atoms with E-state index in [4.69, 9.17) is 23.2 Å². The van der Waals surface area contributed by atoms with Crippen molar-refractivity contribution in [3.63, 3.8) is 0 Å². The Bertz CT molecular complexity index is 1530. The number of aromatic nitrogens is 3. The highest BCUT2D eigenvalue weighted by Gasteiger charge is 2.37. The van der Waals surface area contributed by atoms with Crippen LogP contribution in [0.5, 0.6) is 0 Å². The molecule has 0 aliphatic carbocycles. The number of aliphatic imine (C=N–C) groups is 1. The molecule has 0 saturated heterocycles. The van der Waals surface area contributed by atoms with Crippen molar-refractivity contribution in [2.45, 2.75) is 25.4 Å². The van der Waals surface area contributed by atoms with Crippen LogP contribution in [-0.2, 0) is 25.4 Å². The topological polar surface area (TPSA) is 46.3 Å². The third-order valence-electron chi connectivity index (χ3n) is 6.30. The Morgan fingerprint density at radius 3 is 2.12 bits per heavy atom. The van der Waals surface area contributed by atoms with E-state index in [0.717, 1.165) is 5.56 Å². The van der Waals surface area contributed by atoms with Crippen LogP contribution in [0.1, 0.15) is 27.9 Å². The van der Waals surface area contributed by atoms with Crippen LogP contribution in [-0.4, -0.2) is 38.8 Å². The lowest BCUT2D eigenvalue weighted by Crippen LogP contribution is -2.29. The van der Waals surface area contributed by atoms with E-state index in [1.54, 1.807) is 42.5 Å². The van der Waals surface area contributed by atoms with Crippen LogP contribution in [0.4, 0.5) is 26.3 Å². The summed E-state index contributed by atoms with van der Waals surface area (Å²) in [5.41, 5.74) is -0.930. The zero-order chi connectivity index (χ0) is 28.7. The molecule has 0 radical (unpaired) electrons. The number of hydrogen-bond acceptors (Lipinski definition) is 4. The smallest absolute Gasteiger partial charge is 0.349 e. The minimum absolute atomic E-state index is 0.0977. The number of amidine groups is 1. The van der Waals surface area contributed by atoms with Gasteiger partial charge in [0.15, 0.2) is 11.5 Å². The van der Waals surface area contributed by atoms with Gasteiger partial charge in [0.1, 0.15) is 5.69 Å². The second-order valence-electron chi connectivity index (χ2n) is 9.06. The molecule has 0 unspecified atom stereocenters. The monoisotopic (exact) mass is 597 g/mol. The van der Waals surface area contributed by atoms with Crippen molar-refractivity contribution < 1.29 is 26.3 Å². The first-order chi connectivity index (χ1) is 18.9. The van der Waals surface area contributed by atoms with E-state index < -0.39 is 30.0 Å². The van der Waals surface area contributed by atoms with E-state index in [1.165, 1.54) is 4.68 Å². The third-order valence-corrected chi connectivity index (χ3v) is 7.16. The molecule has 0 atom stereocenters. The van der Waals surface area contributed by atoms with Crippen LogP contribution < -0.4 is 0 Å². The average molecular weight is 598 g/mol. The number of halogens is 8. The van der Waals surface area contributed by atoms with E-state index in [-0.39, 0.29) is 11.6 Å². The molecule has 5 rings (SSSR count). The summed E-state index contributed by atoms with van der Waals surface area (Å²) >= 11 is 12.6. The standard InChI is InChI=1S/C27H19Cl2F6N5/c28-21-8-4-7-18(22(21)29)15-39-10-9-36-25(39)23-24(17-5-2-1-3-6-17)40(38-37-23)14-16-11-19(26(30,31)32)13-20(12-16)27(33,34)35/h1-8,11-13H,9-10,14-15H2. The van der Waals surface area contributed by atoms with Crippen molar-refractivity contribution in [3.8, 4) is 11.3 Å². The molecule has 1 aliphatic heterocycles. The normalized spacial score (nSPS) is 14.1. The summed E-state index contributed by atoms with van der Waals surface area (Å²) in [7, 11) is 0. The van der Waals surface area contributed by atoms with E-state index in [2.05, 4.69) is 15.3 Å². The molecule has 0 fully saturated rings. The van der Waals surface area contributed by atoms with Crippen molar-refractivity contribution in [3.05, 3.63) is 105 Å². The van der Waals surface area contributed by atoms with Gasteiger partial charge in [-0.15, -0.1) is 5.10 Å². The Morgan fingerprint density at radius 2 is 1.48 bits per heavy atom. The van der Waals surface area contributed by atoms with Gasteiger partial charge in [0.05, 0.1) is 34.3 Å².